The van der Waals surface area contributed by atoms with Crippen LogP contribution < -0.4 is 10.1 Å². The summed E-state index contributed by atoms with van der Waals surface area (Å²) in [5.41, 5.74) is 2.17. The Kier molecular flexibility index (Phi) is 7.07. The van der Waals surface area contributed by atoms with Crippen LogP contribution in [-0.2, 0) is 17.9 Å². The summed E-state index contributed by atoms with van der Waals surface area (Å²) in [7, 11) is 0. The smallest absolute Gasteiger partial charge is 0.124 e. The van der Waals surface area contributed by atoms with E-state index in [9.17, 15) is 0 Å². The second-order valence-electron chi connectivity index (χ2n) is 7.42. The van der Waals surface area contributed by atoms with Gasteiger partial charge in [0.2, 0.25) is 0 Å². The highest BCUT2D eigenvalue weighted by molar-refractivity contribution is 6.30. The molecule has 2 heterocycles. The van der Waals surface area contributed by atoms with Crippen LogP contribution in [0.15, 0.2) is 42.7 Å². The molecule has 3 rings (SSSR count). The molecule has 0 atom stereocenters. The number of benzene rings is 1. The molecule has 1 N–H and O–H groups in total. The summed E-state index contributed by atoms with van der Waals surface area (Å²) in [6.45, 7) is 10.2. The summed E-state index contributed by atoms with van der Waals surface area (Å²) in [4.78, 5) is 6.60. The lowest BCUT2D eigenvalue weighted by molar-refractivity contribution is -0.00968. The van der Waals surface area contributed by atoms with Crippen molar-refractivity contribution in [2.75, 3.05) is 32.8 Å². The average molecular weight is 390 g/mol. The van der Waals surface area contributed by atoms with Gasteiger partial charge in [-0.15, -0.1) is 0 Å². The lowest BCUT2D eigenvalue weighted by Gasteiger charge is -2.41. The standard InChI is InChI=1S/C21H28ClN3O2/c1-21(2,25-8-10-26-11-9-25)16-24-14-18-12-19(22)5-6-20(18)27-15-17-4-3-7-23-13-17/h3-7,12-13,24H,8-11,14-16H2,1-2H3. The summed E-state index contributed by atoms with van der Waals surface area (Å²) in [6.07, 6.45) is 3.58. The van der Waals surface area contributed by atoms with E-state index in [1.54, 1.807) is 6.20 Å². The first-order valence-electron chi connectivity index (χ1n) is 9.38. The summed E-state index contributed by atoms with van der Waals surface area (Å²) in [5, 5.41) is 4.29. The highest BCUT2D eigenvalue weighted by Gasteiger charge is 2.27. The number of hydrogen-bond donors (Lipinski definition) is 1. The third-order valence-electron chi connectivity index (χ3n) is 4.88. The van der Waals surface area contributed by atoms with Crippen molar-refractivity contribution in [3.63, 3.8) is 0 Å². The molecule has 0 unspecified atom stereocenters. The van der Waals surface area contributed by atoms with E-state index in [1.165, 1.54) is 0 Å². The van der Waals surface area contributed by atoms with Crippen LogP contribution in [0, 0.1) is 0 Å². The highest BCUT2D eigenvalue weighted by Crippen LogP contribution is 2.24. The minimum absolute atomic E-state index is 0.0685. The fraction of sp³-hybridized carbons (Fsp3) is 0.476. The van der Waals surface area contributed by atoms with E-state index in [0.717, 1.165) is 49.7 Å². The minimum Gasteiger partial charge on any atom is -0.489 e. The Morgan fingerprint density at radius 3 is 2.81 bits per heavy atom. The lowest BCUT2D eigenvalue weighted by atomic mass is 10.0. The van der Waals surface area contributed by atoms with Crippen molar-refractivity contribution in [2.45, 2.75) is 32.5 Å². The number of nitrogens with zero attached hydrogens (tertiary/aromatic N) is 2. The number of rotatable bonds is 8. The zero-order valence-corrected chi connectivity index (χ0v) is 16.8. The first-order chi connectivity index (χ1) is 13.0. The van der Waals surface area contributed by atoms with E-state index >= 15 is 0 Å². The van der Waals surface area contributed by atoms with Crippen LogP contribution in [0.1, 0.15) is 25.0 Å². The van der Waals surface area contributed by atoms with Gasteiger partial charge in [-0.1, -0.05) is 17.7 Å². The number of pyridine rings is 1. The average Bonchev–Trinajstić information content (AvgIpc) is 2.69. The van der Waals surface area contributed by atoms with Crippen molar-refractivity contribution in [3.8, 4) is 5.75 Å². The predicted molar refractivity (Wildman–Crippen MR) is 108 cm³/mol. The van der Waals surface area contributed by atoms with E-state index < -0.39 is 0 Å². The Balaban J connectivity index is 1.57. The largest absolute Gasteiger partial charge is 0.489 e. The van der Waals surface area contributed by atoms with Crippen LogP contribution >= 0.6 is 11.6 Å². The Labute approximate surface area is 166 Å². The Morgan fingerprint density at radius 1 is 1.26 bits per heavy atom. The molecular formula is C21H28ClN3O2. The van der Waals surface area contributed by atoms with Gasteiger partial charge in [0.25, 0.3) is 0 Å². The maximum Gasteiger partial charge on any atom is 0.124 e. The van der Waals surface area contributed by atoms with Crippen molar-refractivity contribution in [3.05, 3.63) is 58.9 Å². The Bertz CT molecular complexity index is 719. The first kappa shape index (κ1) is 20.1. The van der Waals surface area contributed by atoms with Crippen LogP contribution in [0.5, 0.6) is 5.75 Å². The SMILES string of the molecule is CC(C)(CNCc1cc(Cl)ccc1OCc1cccnc1)N1CCOCC1. The molecule has 0 bridgehead atoms. The van der Waals surface area contributed by atoms with E-state index in [1.807, 2.05) is 36.5 Å². The van der Waals surface area contributed by atoms with Crippen LogP contribution in [-0.4, -0.2) is 48.3 Å². The zero-order valence-electron chi connectivity index (χ0n) is 16.1. The summed E-state index contributed by atoms with van der Waals surface area (Å²) < 4.78 is 11.5. The van der Waals surface area contributed by atoms with Gasteiger partial charge in [0.05, 0.1) is 13.2 Å². The minimum atomic E-state index is 0.0685. The number of aromatic nitrogens is 1. The van der Waals surface area contributed by atoms with Gasteiger partial charge in [0.15, 0.2) is 0 Å². The quantitative estimate of drug-likeness (QED) is 0.748. The van der Waals surface area contributed by atoms with Gasteiger partial charge in [-0.2, -0.15) is 0 Å². The number of ether oxygens (including phenoxy) is 2. The van der Waals surface area contributed by atoms with Gasteiger partial charge in [-0.25, -0.2) is 0 Å². The molecule has 1 aliphatic heterocycles. The monoisotopic (exact) mass is 389 g/mol. The highest BCUT2D eigenvalue weighted by atomic mass is 35.5. The molecular weight excluding hydrogens is 362 g/mol. The van der Waals surface area contributed by atoms with Gasteiger partial charge in [-0.05, 0) is 38.1 Å². The molecule has 0 radical (unpaired) electrons. The molecule has 6 heteroatoms. The molecule has 1 saturated heterocycles. The fourth-order valence-corrected chi connectivity index (χ4v) is 3.45. The maximum absolute atomic E-state index is 6.21. The predicted octanol–water partition coefficient (Wildman–Crippen LogP) is 3.51. The van der Waals surface area contributed by atoms with E-state index in [-0.39, 0.29) is 5.54 Å². The van der Waals surface area contributed by atoms with E-state index in [4.69, 9.17) is 21.1 Å². The lowest BCUT2D eigenvalue weighted by Crippen LogP contribution is -2.54. The molecule has 0 amide bonds. The van der Waals surface area contributed by atoms with Crippen LogP contribution in [0.25, 0.3) is 0 Å². The molecule has 0 saturated carbocycles. The molecule has 0 spiro atoms. The van der Waals surface area contributed by atoms with E-state index in [0.29, 0.717) is 18.2 Å². The Morgan fingerprint density at radius 2 is 2.07 bits per heavy atom. The number of hydrogen-bond acceptors (Lipinski definition) is 5. The van der Waals surface area contributed by atoms with Crippen LogP contribution in [0.2, 0.25) is 5.02 Å². The first-order valence-corrected chi connectivity index (χ1v) is 9.76. The summed E-state index contributed by atoms with van der Waals surface area (Å²) >= 11 is 6.21. The second-order valence-corrected chi connectivity index (χ2v) is 7.85. The van der Waals surface area contributed by atoms with Crippen molar-refractivity contribution in [1.29, 1.82) is 0 Å². The molecule has 146 valence electrons. The van der Waals surface area contributed by atoms with Crippen molar-refractivity contribution < 1.29 is 9.47 Å². The molecule has 5 nitrogen and oxygen atoms in total. The summed E-state index contributed by atoms with van der Waals surface area (Å²) in [6, 6.07) is 9.68. The number of halogens is 1. The van der Waals surface area contributed by atoms with Gasteiger partial charge in [0.1, 0.15) is 12.4 Å². The topological polar surface area (TPSA) is 46.6 Å². The molecule has 27 heavy (non-hydrogen) atoms. The van der Waals surface area contributed by atoms with Crippen LogP contribution in [0.4, 0.5) is 0 Å². The number of nitrogens with one attached hydrogen (secondary N) is 1. The maximum atomic E-state index is 6.21. The van der Waals surface area contributed by atoms with Crippen molar-refractivity contribution >= 4 is 11.6 Å². The normalized spacial score (nSPS) is 15.7. The zero-order chi connectivity index (χ0) is 19.1. The molecule has 1 fully saturated rings. The van der Waals surface area contributed by atoms with Crippen LogP contribution in [0.3, 0.4) is 0 Å². The molecule has 1 aromatic heterocycles. The molecule has 1 aromatic carbocycles. The fourth-order valence-electron chi connectivity index (χ4n) is 3.26. The van der Waals surface area contributed by atoms with Gasteiger partial charge in [0, 0.05) is 60.3 Å². The van der Waals surface area contributed by atoms with Gasteiger partial charge in [-0.3, -0.25) is 9.88 Å². The second kappa shape index (κ2) is 9.51. The van der Waals surface area contributed by atoms with Gasteiger partial charge >= 0.3 is 0 Å². The van der Waals surface area contributed by atoms with Crippen molar-refractivity contribution in [1.82, 2.24) is 15.2 Å². The van der Waals surface area contributed by atoms with E-state index in [2.05, 4.69) is 29.0 Å². The third kappa shape index (κ3) is 5.91. The Hall–Kier alpha value is -1.66. The molecule has 2 aromatic rings. The van der Waals surface area contributed by atoms with Crippen molar-refractivity contribution in [2.24, 2.45) is 0 Å². The molecule has 0 aliphatic carbocycles. The summed E-state index contributed by atoms with van der Waals surface area (Å²) in [5.74, 6) is 0.847. The third-order valence-corrected chi connectivity index (χ3v) is 5.11. The number of morpholine rings is 1. The molecule has 1 aliphatic rings. The van der Waals surface area contributed by atoms with Gasteiger partial charge < -0.3 is 14.8 Å².